The van der Waals surface area contributed by atoms with Gasteiger partial charge >= 0.3 is 0 Å². The second-order valence-electron chi connectivity index (χ2n) is 4.44. The zero-order valence-electron chi connectivity index (χ0n) is 12.5. The van der Waals surface area contributed by atoms with Crippen LogP contribution in [0.4, 0.5) is 5.69 Å². The van der Waals surface area contributed by atoms with Crippen LogP contribution in [0.5, 0.6) is 0 Å². The molecule has 0 fully saturated rings. The molecule has 0 saturated heterocycles. The third-order valence-electron chi connectivity index (χ3n) is 3.03. The first-order valence-electron chi connectivity index (χ1n) is 7.01. The highest BCUT2D eigenvalue weighted by molar-refractivity contribution is 5.39. The molecule has 1 heterocycles. The molecular formula is C14H18N4O4. The predicted octanol–water partition coefficient (Wildman–Crippen LogP) is 2.31. The molecule has 0 spiro atoms. The molecule has 8 heteroatoms. The van der Waals surface area contributed by atoms with Crippen LogP contribution in [0.3, 0.4) is 0 Å². The Morgan fingerprint density at radius 3 is 2.59 bits per heavy atom. The highest BCUT2D eigenvalue weighted by Gasteiger charge is 2.20. The van der Waals surface area contributed by atoms with E-state index in [1.54, 1.807) is 29.1 Å². The van der Waals surface area contributed by atoms with Crippen molar-refractivity contribution < 1.29 is 14.4 Å². The van der Waals surface area contributed by atoms with Crippen LogP contribution in [0.25, 0.3) is 0 Å². The van der Waals surface area contributed by atoms with Gasteiger partial charge in [-0.2, -0.15) is 0 Å². The summed E-state index contributed by atoms with van der Waals surface area (Å²) in [5.41, 5.74) is 1.22. The highest BCUT2D eigenvalue weighted by Crippen LogP contribution is 2.22. The van der Waals surface area contributed by atoms with Gasteiger partial charge in [-0.3, -0.25) is 10.1 Å². The molecule has 0 atom stereocenters. The van der Waals surface area contributed by atoms with Crippen molar-refractivity contribution >= 4 is 5.69 Å². The number of ether oxygens (including phenoxy) is 2. The number of benzene rings is 1. The van der Waals surface area contributed by atoms with Gasteiger partial charge in [0.15, 0.2) is 0 Å². The molecule has 0 aliphatic heterocycles. The fourth-order valence-electron chi connectivity index (χ4n) is 2.08. The maximum atomic E-state index is 11.1. The molecule has 0 aliphatic carbocycles. The summed E-state index contributed by atoms with van der Waals surface area (Å²) >= 11 is 0. The number of hydrogen-bond acceptors (Lipinski definition) is 6. The van der Waals surface area contributed by atoms with E-state index in [1.165, 1.54) is 6.07 Å². The normalized spacial score (nSPS) is 11.0. The fraction of sp³-hybridized carbons (Fsp3) is 0.429. The zero-order chi connectivity index (χ0) is 15.9. The topological polar surface area (TPSA) is 92.3 Å². The van der Waals surface area contributed by atoms with E-state index < -0.39 is 11.2 Å². The quantitative estimate of drug-likeness (QED) is 0.422. The maximum absolute atomic E-state index is 11.1. The van der Waals surface area contributed by atoms with E-state index in [0.29, 0.717) is 24.5 Å². The van der Waals surface area contributed by atoms with Crippen LogP contribution in [0, 0.1) is 10.1 Å². The van der Waals surface area contributed by atoms with E-state index in [4.69, 9.17) is 9.47 Å². The van der Waals surface area contributed by atoms with Gasteiger partial charge in [-0.05, 0) is 13.8 Å². The minimum absolute atomic E-state index is 0.0494. The lowest BCUT2D eigenvalue weighted by atomic mass is 10.2. The molecule has 0 amide bonds. The Labute approximate surface area is 127 Å². The van der Waals surface area contributed by atoms with Crippen LogP contribution in [0.1, 0.15) is 31.4 Å². The van der Waals surface area contributed by atoms with Crippen molar-refractivity contribution in [2.75, 3.05) is 13.2 Å². The zero-order valence-corrected chi connectivity index (χ0v) is 12.5. The van der Waals surface area contributed by atoms with E-state index in [9.17, 15) is 10.1 Å². The molecule has 1 aromatic carbocycles. The standard InChI is InChI=1S/C14H18N4O4/c1-3-21-14(22-4-2)13-9-15-16-17(13)10-11-7-5-6-8-12(11)18(19)20/h5-9,14H,3-4,10H2,1-2H3. The van der Waals surface area contributed by atoms with Gasteiger partial charge in [0.1, 0.15) is 5.69 Å². The average Bonchev–Trinajstić information content (AvgIpc) is 2.95. The van der Waals surface area contributed by atoms with Gasteiger partial charge in [-0.15, -0.1) is 5.10 Å². The first kappa shape index (κ1) is 16.1. The van der Waals surface area contributed by atoms with Gasteiger partial charge in [-0.25, -0.2) is 4.68 Å². The average molecular weight is 306 g/mol. The number of nitro benzene ring substituents is 1. The Hall–Kier alpha value is -2.32. The smallest absolute Gasteiger partial charge is 0.274 e. The third kappa shape index (κ3) is 3.66. The first-order chi connectivity index (χ1) is 10.7. The van der Waals surface area contributed by atoms with Crippen LogP contribution in [0.2, 0.25) is 0 Å². The highest BCUT2D eigenvalue weighted by atomic mass is 16.7. The van der Waals surface area contributed by atoms with Crippen molar-refractivity contribution in [3.63, 3.8) is 0 Å². The Morgan fingerprint density at radius 1 is 1.27 bits per heavy atom. The second-order valence-corrected chi connectivity index (χ2v) is 4.44. The van der Waals surface area contributed by atoms with Crippen LogP contribution < -0.4 is 0 Å². The van der Waals surface area contributed by atoms with E-state index in [-0.39, 0.29) is 12.2 Å². The summed E-state index contributed by atoms with van der Waals surface area (Å²) in [7, 11) is 0. The van der Waals surface area contributed by atoms with E-state index in [0.717, 1.165) is 0 Å². The summed E-state index contributed by atoms with van der Waals surface area (Å²) in [5.74, 6) is 0. The number of rotatable bonds is 8. The molecule has 2 aromatic rings. The predicted molar refractivity (Wildman–Crippen MR) is 78.2 cm³/mol. The van der Waals surface area contributed by atoms with Gasteiger partial charge in [0.05, 0.1) is 23.2 Å². The number of hydrogen-bond donors (Lipinski definition) is 0. The first-order valence-corrected chi connectivity index (χ1v) is 7.01. The Morgan fingerprint density at radius 2 is 1.95 bits per heavy atom. The molecule has 0 aliphatic rings. The minimum Gasteiger partial charge on any atom is -0.347 e. The Balaban J connectivity index is 2.28. The largest absolute Gasteiger partial charge is 0.347 e. The van der Waals surface area contributed by atoms with Crippen LogP contribution in [-0.2, 0) is 16.0 Å². The lowest BCUT2D eigenvalue weighted by Crippen LogP contribution is -2.16. The molecule has 2 rings (SSSR count). The van der Waals surface area contributed by atoms with Gasteiger partial charge in [0, 0.05) is 19.3 Å². The van der Waals surface area contributed by atoms with Crippen molar-refractivity contribution in [2.24, 2.45) is 0 Å². The van der Waals surface area contributed by atoms with Gasteiger partial charge in [0.2, 0.25) is 6.29 Å². The van der Waals surface area contributed by atoms with E-state index >= 15 is 0 Å². The third-order valence-corrected chi connectivity index (χ3v) is 3.03. The fourth-order valence-corrected chi connectivity index (χ4v) is 2.08. The van der Waals surface area contributed by atoms with Crippen molar-refractivity contribution in [2.45, 2.75) is 26.7 Å². The van der Waals surface area contributed by atoms with Gasteiger partial charge in [-0.1, -0.05) is 23.4 Å². The number of nitrogens with zero attached hydrogens (tertiary/aromatic N) is 4. The van der Waals surface area contributed by atoms with Gasteiger partial charge in [0.25, 0.3) is 5.69 Å². The summed E-state index contributed by atoms with van der Waals surface area (Å²) in [6.07, 6.45) is 0.956. The second kappa shape index (κ2) is 7.62. The summed E-state index contributed by atoms with van der Waals surface area (Å²) in [4.78, 5) is 10.7. The van der Waals surface area contributed by atoms with Crippen molar-refractivity contribution in [1.82, 2.24) is 15.0 Å². The minimum atomic E-state index is -0.590. The van der Waals surface area contributed by atoms with E-state index in [2.05, 4.69) is 10.3 Å². The molecule has 118 valence electrons. The number of para-hydroxylation sites is 1. The molecule has 0 bridgehead atoms. The molecule has 1 aromatic heterocycles. The molecule has 0 N–H and O–H groups in total. The lowest BCUT2D eigenvalue weighted by Gasteiger charge is -2.17. The van der Waals surface area contributed by atoms with E-state index in [1.807, 2.05) is 13.8 Å². The molecule has 22 heavy (non-hydrogen) atoms. The molecule has 0 radical (unpaired) electrons. The SMILES string of the molecule is CCOC(OCC)c1cnnn1Cc1ccccc1[N+](=O)[O-]. The van der Waals surface area contributed by atoms with Crippen molar-refractivity contribution in [3.8, 4) is 0 Å². The summed E-state index contributed by atoms with van der Waals surface area (Å²) in [5, 5.41) is 18.9. The summed E-state index contributed by atoms with van der Waals surface area (Å²) in [6, 6.07) is 6.54. The molecule has 8 nitrogen and oxygen atoms in total. The van der Waals surface area contributed by atoms with Crippen LogP contribution in [-0.4, -0.2) is 33.1 Å². The monoisotopic (exact) mass is 306 g/mol. The maximum Gasteiger partial charge on any atom is 0.274 e. The number of aromatic nitrogens is 3. The van der Waals surface area contributed by atoms with Gasteiger partial charge < -0.3 is 9.47 Å². The Kier molecular flexibility index (Phi) is 5.56. The molecule has 0 unspecified atom stereocenters. The molecule has 0 saturated carbocycles. The van der Waals surface area contributed by atoms with Crippen molar-refractivity contribution in [3.05, 3.63) is 51.8 Å². The van der Waals surface area contributed by atoms with Crippen molar-refractivity contribution in [1.29, 1.82) is 0 Å². The Bertz CT molecular complexity index is 623. The lowest BCUT2D eigenvalue weighted by molar-refractivity contribution is -0.385. The summed E-state index contributed by atoms with van der Waals surface area (Å²) < 4.78 is 12.6. The summed E-state index contributed by atoms with van der Waals surface area (Å²) in [6.45, 7) is 4.90. The van der Waals surface area contributed by atoms with Crippen LogP contribution >= 0.6 is 0 Å². The van der Waals surface area contributed by atoms with Crippen LogP contribution in [0.15, 0.2) is 30.5 Å². The number of nitro groups is 1. The molecular weight excluding hydrogens is 288 g/mol.